The third-order valence-electron chi connectivity index (χ3n) is 4.98. The molecule has 2 aliphatic heterocycles. The van der Waals surface area contributed by atoms with Crippen molar-refractivity contribution in [2.75, 3.05) is 11.5 Å². The second kappa shape index (κ2) is 10.8. The molecule has 0 bridgehead atoms. The van der Waals surface area contributed by atoms with Gasteiger partial charge in [0.15, 0.2) is 10.8 Å². The van der Waals surface area contributed by atoms with Crippen LogP contribution in [0.1, 0.15) is 11.3 Å². The Labute approximate surface area is 220 Å². The monoisotopic (exact) mass is 566 g/mol. The molecule has 0 spiro atoms. The first kappa shape index (κ1) is 25.8. The number of nitrogens with two attached hydrogens (primary N) is 3. The molecule has 2 amide bonds. The summed E-state index contributed by atoms with van der Waals surface area (Å²) in [6.07, 6.45) is 3.20. The number of amidine groups is 1. The summed E-state index contributed by atoms with van der Waals surface area (Å²) in [5, 5.41) is 33.4. The van der Waals surface area contributed by atoms with Gasteiger partial charge in [0.25, 0.3) is 17.0 Å². The molecule has 8 N–H and O–H groups in total. The van der Waals surface area contributed by atoms with Gasteiger partial charge in [-0.1, -0.05) is 16.9 Å². The zero-order valence-electron chi connectivity index (χ0n) is 18.1. The lowest BCUT2D eigenvalue weighted by Crippen LogP contribution is -2.71. The number of nitrogens with one attached hydrogen (secondary N) is 1. The number of β-lactam (4-membered cyclic amide) rings is 1. The quantitative estimate of drug-likeness (QED) is 0.0751. The number of carboxylic acids is 1. The first-order valence-corrected chi connectivity index (χ1v) is 13.7. The number of aromatic nitrogens is 2. The summed E-state index contributed by atoms with van der Waals surface area (Å²) in [4.78, 5) is 47.9. The Bertz CT molecular complexity index is 1310. The van der Waals surface area contributed by atoms with E-state index in [1.54, 1.807) is 18.5 Å². The van der Waals surface area contributed by atoms with Gasteiger partial charge in [0.2, 0.25) is 0 Å². The minimum atomic E-state index is -1.51. The number of hydrogen-bond donors (Lipinski definition) is 5. The Kier molecular flexibility index (Phi) is 7.72. The molecule has 0 unspecified atom stereocenters. The van der Waals surface area contributed by atoms with Crippen molar-refractivity contribution in [1.29, 1.82) is 0 Å². The van der Waals surface area contributed by atoms with Crippen molar-refractivity contribution >= 4 is 80.4 Å². The van der Waals surface area contributed by atoms with E-state index < -0.39 is 34.9 Å². The summed E-state index contributed by atoms with van der Waals surface area (Å²) in [5.74, 6) is -2.32. The topological polar surface area (TPSA) is 226 Å². The lowest BCUT2D eigenvalue weighted by molar-refractivity contribution is -0.301. The van der Waals surface area contributed by atoms with Crippen molar-refractivity contribution in [2.24, 2.45) is 10.9 Å². The molecule has 36 heavy (non-hydrogen) atoms. The number of carbonyl (C=O) groups is 3. The highest BCUT2D eigenvalue weighted by Crippen LogP contribution is 2.45. The van der Waals surface area contributed by atoms with E-state index >= 15 is 0 Å². The number of rotatable bonds is 8. The van der Waals surface area contributed by atoms with Crippen LogP contribution in [0.15, 0.2) is 44.5 Å². The second-order valence-electron chi connectivity index (χ2n) is 7.22. The van der Waals surface area contributed by atoms with Crippen LogP contribution in [0, 0.1) is 0 Å². The van der Waals surface area contributed by atoms with E-state index in [1.807, 2.05) is 0 Å². The third-order valence-corrected chi connectivity index (χ3v) is 9.11. The highest BCUT2D eigenvalue weighted by Gasteiger charge is 2.53. The number of nitrogens with zero attached hydrogens (tertiary/aromatic N) is 4. The number of pyridine rings is 1. The molecule has 2 atom stereocenters. The lowest BCUT2D eigenvalue weighted by Gasteiger charge is -2.50. The zero-order chi connectivity index (χ0) is 26.0. The van der Waals surface area contributed by atoms with Gasteiger partial charge in [-0.25, -0.2) is 4.98 Å². The predicted molar refractivity (Wildman–Crippen MR) is 134 cm³/mol. The van der Waals surface area contributed by atoms with E-state index in [-0.39, 0.29) is 27.4 Å². The number of nitrogen functional groups attached to an aromatic ring is 1. The smallest absolute Gasteiger partial charge is 0.300 e. The number of carbonyl (C=O) groups excluding carboxylic acids is 3. The number of oxime groups is 1. The molecular weight excluding hydrogens is 549 g/mol. The highest BCUT2D eigenvalue weighted by atomic mass is 32.2. The molecule has 0 aromatic carbocycles. The first-order chi connectivity index (χ1) is 17.2. The molecule has 17 heteroatoms. The summed E-state index contributed by atoms with van der Waals surface area (Å²) < 4.78 is 0. The van der Waals surface area contributed by atoms with Gasteiger partial charge in [-0.15, -0.1) is 23.1 Å². The van der Waals surface area contributed by atoms with Crippen LogP contribution in [-0.4, -0.2) is 65.9 Å². The number of aliphatic carboxylic acids is 1. The Morgan fingerprint density at radius 2 is 2.22 bits per heavy atom. The Hall–Kier alpha value is -3.28. The lowest BCUT2D eigenvalue weighted by atomic mass is 10.0. The number of amides is 2. The van der Waals surface area contributed by atoms with Crippen LogP contribution in [0.5, 0.6) is 0 Å². The third kappa shape index (κ3) is 5.13. The normalized spacial score (nSPS) is 19.5. The summed E-state index contributed by atoms with van der Waals surface area (Å²) in [6, 6.07) is 0.693. The molecule has 0 radical (unpaired) electrons. The van der Waals surface area contributed by atoms with Crippen LogP contribution in [0.2, 0.25) is 0 Å². The summed E-state index contributed by atoms with van der Waals surface area (Å²) in [6.45, 7) is 0. The number of thiazole rings is 1. The maximum Gasteiger partial charge on any atom is 0.300 e. The molecule has 2 aromatic rings. The predicted octanol–water partition coefficient (Wildman–Crippen LogP) is -2.24. The SMILES string of the molecule is NC(=[NH2+])SCc1cnccc1SC1=C(C(=O)[O-])N2C(=O)[C@@H](NC(=O)/C(=N\O)c3csc(N)n3)[C@H]2SC1. The van der Waals surface area contributed by atoms with E-state index in [0.29, 0.717) is 10.7 Å². The molecule has 13 nitrogen and oxygen atoms in total. The Balaban J connectivity index is 1.53. The second-order valence-corrected chi connectivity index (χ2v) is 11.4. The van der Waals surface area contributed by atoms with Crippen LogP contribution >= 0.6 is 46.6 Å². The highest BCUT2D eigenvalue weighted by molar-refractivity contribution is 8.12. The molecular formula is C19H18N8O5S4. The van der Waals surface area contributed by atoms with Gasteiger partial charge < -0.3 is 26.2 Å². The van der Waals surface area contributed by atoms with Gasteiger partial charge in [-0.3, -0.25) is 30.6 Å². The Morgan fingerprint density at radius 3 is 2.86 bits per heavy atom. The molecule has 2 aromatic heterocycles. The van der Waals surface area contributed by atoms with Crippen molar-refractivity contribution in [3.8, 4) is 0 Å². The van der Waals surface area contributed by atoms with E-state index in [1.165, 1.54) is 40.7 Å². The first-order valence-electron chi connectivity index (χ1n) is 9.96. The minimum Gasteiger partial charge on any atom is -0.543 e. The van der Waals surface area contributed by atoms with Gasteiger partial charge in [-0.05, 0) is 23.4 Å². The summed E-state index contributed by atoms with van der Waals surface area (Å²) in [7, 11) is 0. The van der Waals surface area contributed by atoms with Crippen LogP contribution in [0.4, 0.5) is 5.13 Å². The zero-order valence-corrected chi connectivity index (χ0v) is 21.4. The molecule has 4 rings (SSSR count). The van der Waals surface area contributed by atoms with Crippen molar-refractivity contribution in [1.82, 2.24) is 20.2 Å². The van der Waals surface area contributed by atoms with Crippen LogP contribution in [-0.2, 0) is 20.1 Å². The van der Waals surface area contributed by atoms with Crippen LogP contribution < -0.4 is 27.3 Å². The number of fused-ring (bicyclic) bond motifs is 1. The number of anilines is 1. The van der Waals surface area contributed by atoms with E-state index in [9.17, 15) is 24.7 Å². The molecule has 4 heterocycles. The molecule has 1 fully saturated rings. The van der Waals surface area contributed by atoms with Gasteiger partial charge in [0, 0.05) is 39.1 Å². The van der Waals surface area contributed by atoms with Gasteiger partial charge in [0.1, 0.15) is 17.1 Å². The maximum atomic E-state index is 12.9. The Morgan fingerprint density at radius 1 is 1.44 bits per heavy atom. The molecule has 188 valence electrons. The fourth-order valence-electron chi connectivity index (χ4n) is 3.39. The molecule has 0 aliphatic carbocycles. The minimum absolute atomic E-state index is 0.0479. The van der Waals surface area contributed by atoms with Crippen molar-refractivity contribution in [3.63, 3.8) is 0 Å². The molecule has 2 aliphatic rings. The van der Waals surface area contributed by atoms with Gasteiger partial charge >= 0.3 is 0 Å². The summed E-state index contributed by atoms with van der Waals surface area (Å²) in [5.41, 5.74) is 11.2. The average Bonchev–Trinajstić information content (AvgIpc) is 3.27. The average molecular weight is 567 g/mol. The van der Waals surface area contributed by atoms with Crippen molar-refractivity contribution < 1.29 is 30.1 Å². The standard InChI is InChI=1S/C19H18N8O5S4/c20-18(21)34-4-7-3-23-2-1-9(7)36-10-6-33-16-12(15(29)27(16)13(10)17(30)31)25-14(28)11(26-32)8-5-35-19(22)24-8/h1-3,5,12,16,32H,4,6H2,(H3,20,21)(H2,22,24)(H,25,28)(H,30,31)/b26-11-/t12-,16-/m1/s1. The number of carboxylic acid groups (broad SMARTS) is 1. The molecule has 0 saturated carbocycles. The number of thioether (sulfide) groups is 3. The molecule has 1 saturated heterocycles. The van der Waals surface area contributed by atoms with Crippen LogP contribution in [0.25, 0.3) is 0 Å². The summed E-state index contributed by atoms with van der Waals surface area (Å²) >= 11 is 4.73. The van der Waals surface area contributed by atoms with Gasteiger partial charge in [0.05, 0.1) is 11.7 Å². The van der Waals surface area contributed by atoms with Crippen molar-refractivity contribution in [2.45, 2.75) is 22.1 Å². The van der Waals surface area contributed by atoms with Gasteiger partial charge in [-0.2, -0.15) is 0 Å². The fourth-order valence-corrected chi connectivity index (χ4v) is 7.15. The number of hydrogen-bond acceptors (Lipinski definition) is 13. The van der Waals surface area contributed by atoms with E-state index in [0.717, 1.165) is 26.7 Å². The van der Waals surface area contributed by atoms with E-state index in [4.69, 9.17) is 16.9 Å². The maximum absolute atomic E-state index is 12.9. The van der Waals surface area contributed by atoms with Crippen molar-refractivity contribution in [3.05, 3.63) is 45.7 Å². The largest absolute Gasteiger partial charge is 0.543 e. The van der Waals surface area contributed by atoms with E-state index in [2.05, 4.69) is 20.4 Å². The fraction of sp³-hybridized carbons (Fsp3) is 0.211. The van der Waals surface area contributed by atoms with Crippen LogP contribution in [0.3, 0.4) is 0 Å².